The van der Waals surface area contributed by atoms with Crippen molar-refractivity contribution in [3.8, 4) is 0 Å². The summed E-state index contributed by atoms with van der Waals surface area (Å²) in [5.41, 5.74) is 1.07. The first-order valence-electron chi connectivity index (χ1n) is 7.97. The van der Waals surface area contributed by atoms with Crippen LogP contribution in [0.2, 0.25) is 0 Å². The van der Waals surface area contributed by atoms with Gasteiger partial charge in [-0.05, 0) is 30.0 Å². The zero-order valence-corrected chi connectivity index (χ0v) is 13.3. The monoisotopic (exact) mass is 308 g/mol. The molecule has 1 aliphatic heterocycles. The summed E-state index contributed by atoms with van der Waals surface area (Å²) in [6.45, 7) is 7.36. The SMILES string of the molecule is CC[C@@H](NC[C@H](C)c1ccc(F)cc1)C(=O)N1CCOCC1. The molecule has 2 atom stereocenters. The van der Waals surface area contributed by atoms with Gasteiger partial charge in [-0.2, -0.15) is 0 Å². The number of hydrogen-bond donors (Lipinski definition) is 1. The molecule has 1 fully saturated rings. The van der Waals surface area contributed by atoms with Gasteiger partial charge in [0, 0.05) is 19.6 Å². The molecule has 1 aliphatic rings. The quantitative estimate of drug-likeness (QED) is 0.875. The van der Waals surface area contributed by atoms with Gasteiger partial charge in [-0.1, -0.05) is 26.0 Å². The van der Waals surface area contributed by atoms with E-state index in [4.69, 9.17) is 4.74 Å². The van der Waals surface area contributed by atoms with Crippen LogP contribution >= 0.6 is 0 Å². The van der Waals surface area contributed by atoms with Crippen molar-refractivity contribution in [1.82, 2.24) is 10.2 Å². The summed E-state index contributed by atoms with van der Waals surface area (Å²) in [4.78, 5) is 14.3. The number of rotatable bonds is 6. The van der Waals surface area contributed by atoms with Gasteiger partial charge in [-0.3, -0.25) is 4.79 Å². The molecular formula is C17H25FN2O2. The van der Waals surface area contributed by atoms with Crippen LogP contribution in [0.3, 0.4) is 0 Å². The van der Waals surface area contributed by atoms with E-state index in [1.54, 1.807) is 12.1 Å². The fourth-order valence-corrected chi connectivity index (χ4v) is 2.64. The topological polar surface area (TPSA) is 41.6 Å². The molecule has 0 aromatic heterocycles. The number of nitrogens with one attached hydrogen (secondary N) is 1. The smallest absolute Gasteiger partial charge is 0.239 e. The summed E-state index contributed by atoms with van der Waals surface area (Å²) in [5, 5.41) is 3.35. The maximum Gasteiger partial charge on any atom is 0.239 e. The molecule has 1 N–H and O–H groups in total. The number of benzene rings is 1. The zero-order valence-electron chi connectivity index (χ0n) is 13.3. The molecular weight excluding hydrogens is 283 g/mol. The van der Waals surface area contributed by atoms with Crippen LogP contribution in [0.25, 0.3) is 0 Å². The van der Waals surface area contributed by atoms with Crippen molar-refractivity contribution in [1.29, 1.82) is 0 Å². The molecule has 4 nitrogen and oxygen atoms in total. The molecule has 1 amide bonds. The number of ether oxygens (including phenoxy) is 1. The average Bonchev–Trinajstić information content (AvgIpc) is 2.56. The highest BCUT2D eigenvalue weighted by Gasteiger charge is 2.24. The van der Waals surface area contributed by atoms with Crippen LogP contribution in [0, 0.1) is 5.82 Å². The van der Waals surface area contributed by atoms with Gasteiger partial charge in [0.15, 0.2) is 0 Å². The minimum atomic E-state index is -0.224. The maximum atomic E-state index is 13.0. The number of carbonyl (C=O) groups is 1. The Morgan fingerprint density at radius 2 is 1.95 bits per heavy atom. The van der Waals surface area contributed by atoms with E-state index in [1.165, 1.54) is 12.1 Å². The van der Waals surface area contributed by atoms with Gasteiger partial charge < -0.3 is 15.0 Å². The van der Waals surface area contributed by atoms with Crippen LogP contribution in [0.5, 0.6) is 0 Å². The Kier molecular flexibility index (Phi) is 6.34. The summed E-state index contributed by atoms with van der Waals surface area (Å²) < 4.78 is 18.2. The predicted molar refractivity (Wildman–Crippen MR) is 84.3 cm³/mol. The van der Waals surface area contributed by atoms with Crippen molar-refractivity contribution in [2.75, 3.05) is 32.8 Å². The Balaban J connectivity index is 1.87. The fourth-order valence-electron chi connectivity index (χ4n) is 2.64. The average molecular weight is 308 g/mol. The third kappa shape index (κ3) is 4.52. The number of carbonyl (C=O) groups excluding carboxylic acids is 1. The molecule has 122 valence electrons. The molecule has 0 spiro atoms. The lowest BCUT2D eigenvalue weighted by Crippen LogP contribution is -2.50. The zero-order chi connectivity index (χ0) is 15.9. The highest BCUT2D eigenvalue weighted by molar-refractivity contribution is 5.81. The van der Waals surface area contributed by atoms with Crippen molar-refractivity contribution < 1.29 is 13.9 Å². The fraction of sp³-hybridized carbons (Fsp3) is 0.588. The van der Waals surface area contributed by atoms with Crippen molar-refractivity contribution >= 4 is 5.91 Å². The van der Waals surface area contributed by atoms with E-state index < -0.39 is 0 Å². The Hall–Kier alpha value is -1.46. The second-order valence-electron chi connectivity index (χ2n) is 5.76. The Bertz CT molecular complexity index is 472. The van der Waals surface area contributed by atoms with Gasteiger partial charge >= 0.3 is 0 Å². The van der Waals surface area contributed by atoms with Crippen molar-refractivity contribution in [3.63, 3.8) is 0 Å². The van der Waals surface area contributed by atoms with Crippen LogP contribution in [0.15, 0.2) is 24.3 Å². The molecule has 1 heterocycles. The Labute approximate surface area is 131 Å². The summed E-state index contributed by atoms with van der Waals surface area (Å²) >= 11 is 0. The van der Waals surface area contributed by atoms with Crippen molar-refractivity contribution in [2.45, 2.75) is 32.2 Å². The molecule has 0 radical (unpaired) electrons. The highest BCUT2D eigenvalue weighted by Crippen LogP contribution is 2.15. The first-order valence-corrected chi connectivity index (χ1v) is 7.97. The van der Waals surface area contributed by atoms with Gasteiger partial charge in [-0.25, -0.2) is 4.39 Å². The van der Waals surface area contributed by atoms with Crippen molar-refractivity contribution in [3.05, 3.63) is 35.6 Å². The van der Waals surface area contributed by atoms with E-state index in [0.29, 0.717) is 32.8 Å². The molecule has 0 bridgehead atoms. The molecule has 1 aromatic rings. The second kappa shape index (κ2) is 8.25. The van der Waals surface area contributed by atoms with Crippen molar-refractivity contribution in [2.24, 2.45) is 0 Å². The van der Waals surface area contributed by atoms with Gasteiger partial charge in [0.2, 0.25) is 5.91 Å². The minimum Gasteiger partial charge on any atom is -0.378 e. The highest BCUT2D eigenvalue weighted by atomic mass is 19.1. The number of hydrogen-bond acceptors (Lipinski definition) is 3. The Morgan fingerprint density at radius 3 is 2.55 bits per heavy atom. The Morgan fingerprint density at radius 1 is 1.32 bits per heavy atom. The molecule has 1 aromatic carbocycles. The minimum absolute atomic E-state index is 0.150. The molecule has 5 heteroatoms. The molecule has 1 saturated heterocycles. The molecule has 22 heavy (non-hydrogen) atoms. The first kappa shape index (κ1) is 16.9. The molecule has 2 rings (SSSR count). The van der Waals surface area contributed by atoms with E-state index in [1.807, 2.05) is 11.8 Å². The standard InChI is InChI=1S/C17H25FN2O2/c1-3-16(17(21)20-8-10-22-11-9-20)19-12-13(2)14-4-6-15(18)7-5-14/h4-7,13,16,19H,3,8-12H2,1-2H3/t13-,16+/m0/s1. The second-order valence-corrected chi connectivity index (χ2v) is 5.76. The number of nitrogens with zero attached hydrogens (tertiary/aromatic N) is 1. The van der Waals surface area contributed by atoms with E-state index in [0.717, 1.165) is 12.0 Å². The van der Waals surface area contributed by atoms with E-state index >= 15 is 0 Å². The predicted octanol–water partition coefficient (Wildman–Crippen LogP) is 2.16. The molecule has 0 aliphatic carbocycles. The lowest BCUT2D eigenvalue weighted by atomic mass is 10.0. The number of amides is 1. The number of halogens is 1. The summed E-state index contributed by atoms with van der Waals surface area (Å²) in [5.74, 6) is 0.155. The van der Waals surface area contributed by atoms with E-state index in [2.05, 4.69) is 12.2 Å². The summed E-state index contributed by atoms with van der Waals surface area (Å²) in [6, 6.07) is 6.38. The molecule has 0 unspecified atom stereocenters. The molecule has 0 saturated carbocycles. The van der Waals surface area contributed by atoms with Gasteiger partial charge in [0.05, 0.1) is 19.3 Å². The third-order valence-electron chi connectivity index (χ3n) is 4.14. The van der Waals surface area contributed by atoms with E-state index in [-0.39, 0.29) is 23.7 Å². The van der Waals surface area contributed by atoms with Crippen LogP contribution in [0.4, 0.5) is 4.39 Å². The van der Waals surface area contributed by atoms with Gasteiger partial charge in [0.25, 0.3) is 0 Å². The summed E-state index contributed by atoms with van der Waals surface area (Å²) in [6.07, 6.45) is 0.756. The summed E-state index contributed by atoms with van der Waals surface area (Å²) in [7, 11) is 0. The van der Waals surface area contributed by atoms with Crippen LogP contribution in [-0.2, 0) is 9.53 Å². The van der Waals surface area contributed by atoms with Gasteiger partial charge in [-0.15, -0.1) is 0 Å². The number of morpholine rings is 1. The lowest BCUT2D eigenvalue weighted by molar-refractivity contribution is -0.137. The van der Waals surface area contributed by atoms with Gasteiger partial charge in [0.1, 0.15) is 5.82 Å². The lowest BCUT2D eigenvalue weighted by Gasteiger charge is -2.31. The first-order chi connectivity index (χ1) is 10.6. The van der Waals surface area contributed by atoms with E-state index in [9.17, 15) is 9.18 Å². The van der Waals surface area contributed by atoms with Crippen LogP contribution in [-0.4, -0.2) is 49.7 Å². The normalized spacial score (nSPS) is 18.0. The van der Waals surface area contributed by atoms with Crippen LogP contribution < -0.4 is 5.32 Å². The largest absolute Gasteiger partial charge is 0.378 e. The maximum absolute atomic E-state index is 13.0. The van der Waals surface area contributed by atoms with Crippen LogP contribution in [0.1, 0.15) is 31.7 Å². The third-order valence-corrected chi connectivity index (χ3v) is 4.14.